The van der Waals surface area contributed by atoms with Crippen LogP contribution in [0, 0.1) is 0 Å². The molecule has 0 aromatic rings. The molecule has 0 aliphatic heterocycles. The van der Waals surface area contributed by atoms with E-state index >= 15 is 0 Å². The molecule has 6 nitrogen and oxygen atoms in total. The van der Waals surface area contributed by atoms with Crippen LogP contribution in [0.5, 0.6) is 0 Å². The van der Waals surface area contributed by atoms with Gasteiger partial charge in [-0.25, -0.2) is 4.79 Å². The third kappa shape index (κ3) is 3.44. The second-order valence-electron chi connectivity index (χ2n) is 2.99. The Bertz CT molecular complexity index is 202. The maximum Gasteiger partial charge on any atom is 0.637 e. The van der Waals surface area contributed by atoms with Gasteiger partial charge in [0.05, 0.1) is 6.61 Å². The Kier molecular flexibility index (Phi) is 7.31. The van der Waals surface area contributed by atoms with E-state index in [2.05, 4.69) is 0 Å². The van der Waals surface area contributed by atoms with Gasteiger partial charge in [0, 0.05) is 27.9 Å². The average Bonchev–Trinajstić information content (AvgIpc) is 2.31. The Morgan fingerprint density at radius 1 is 1.12 bits per heavy atom. The monoisotopic (exact) mass is 251 g/mol. The Balaban J connectivity index is 4.90. The number of amides is 1. The molecule has 0 rings (SSSR count). The molecular formula is C9H21NO5Si. The summed E-state index contributed by atoms with van der Waals surface area (Å²) in [6.45, 7) is 4.48. The molecule has 0 saturated heterocycles. The first-order chi connectivity index (χ1) is 7.61. The van der Waals surface area contributed by atoms with Crippen molar-refractivity contribution in [1.82, 2.24) is 4.57 Å². The summed E-state index contributed by atoms with van der Waals surface area (Å²) in [6, 6.07) is 0. The molecule has 0 spiro atoms. The maximum atomic E-state index is 11.8. The van der Waals surface area contributed by atoms with Gasteiger partial charge in [0.15, 0.2) is 0 Å². The highest BCUT2D eigenvalue weighted by Crippen LogP contribution is 2.15. The topological polar surface area (TPSA) is 57.2 Å². The van der Waals surface area contributed by atoms with Crippen LogP contribution in [-0.2, 0) is 18.0 Å². The van der Waals surface area contributed by atoms with E-state index < -0.39 is 15.1 Å². The third-order valence-corrected chi connectivity index (χ3v) is 4.65. The first-order valence-electron chi connectivity index (χ1n) is 5.21. The van der Waals surface area contributed by atoms with Gasteiger partial charge in [0.25, 0.3) is 0 Å². The first kappa shape index (κ1) is 15.4. The van der Waals surface area contributed by atoms with Crippen molar-refractivity contribution in [3.05, 3.63) is 0 Å². The summed E-state index contributed by atoms with van der Waals surface area (Å²) in [7, 11) is 1.27. The highest BCUT2D eigenvalue weighted by Gasteiger charge is 2.50. The van der Waals surface area contributed by atoms with E-state index in [-0.39, 0.29) is 0 Å². The Morgan fingerprint density at radius 2 is 1.62 bits per heavy atom. The van der Waals surface area contributed by atoms with Crippen molar-refractivity contribution in [1.29, 1.82) is 0 Å². The van der Waals surface area contributed by atoms with Crippen LogP contribution in [0.25, 0.3) is 0 Å². The molecule has 0 heterocycles. The van der Waals surface area contributed by atoms with E-state index in [0.717, 1.165) is 6.42 Å². The lowest BCUT2D eigenvalue weighted by atomic mass is 10.5. The van der Waals surface area contributed by atoms with Gasteiger partial charge in [0.1, 0.15) is 0 Å². The summed E-state index contributed by atoms with van der Waals surface area (Å²) in [5, 5.41) is 0. The standard InChI is InChI=1S/C9H21NO5Si/c1-6-8-10(9(11)15-7-2)16(12-3,13-4)14-5/h6-8H2,1-5H3. The van der Waals surface area contributed by atoms with Gasteiger partial charge in [-0.3, -0.25) is 4.57 Å². The fraction of sp³-hybridized carbons (Fsp3) is 0.889. The van der Waals surface area contributed by atoms with E-state index in [1.54, 1.807) is 6.92 Å². The van der Waals surface area contributed by atoms with Gasteiger partial charge in [0.2, 0.25) is 0 Å². The molecule has 0 saturated carbocycles. The highest BCUT2D eigenvalue weighted by molar-refractivity contribution is 6.60. The predicted octanol–water partition coefficient (Wildman–Crippen LogP) is 1.23. The number of ether oxygens (including phenoxy) is 1. The van der Waals surface area contributed by atoms with Crippen molar-refractivity contribution in [3.63, 3.8) is 0 Å². The van der Waals surface area contributed by atoms with Crippen LogP contribution in [0.3, 0.4) is 0 Å². The van der Waals surface area contributed by atoms with Crippen LogP contribution in [0.15, 0.2) is 0 Å². The van der Waals surface area contributed by atoms with E-state index in [4.69, 9.17) is 18.0 Å². The molecule has 7 heteroatoms. The van der Waals surface area contributed by atoms with Crippen LogP contribution >= 0.6 is 0 Å². The molecule has 0 aromatic heterocycles. The van der Waals surface area contributed by atoms with Crippen LogP contribution in [0.4, 0.5) is 4.79 Å². The Hall–Kier alpha value is -0.633. The fourth-order valence-corrected chi connectivity index (χ4v) is 3.29. The van der Waals surface area contributed by atoms with Crippen molar-refractivity contribution in [2.45, 2.75) is 20.3 Å². The van der Waals surface area contributed by atoms with Crippen molar-refractivity contribution < 1.29 is 22.8 Å². The molecule has 0 aliphatic carbocycles. The fourth-order valence-electron chi connectivity index (χ4n) is 1.35. The third-order valence-electron chi connectivity index (χ3n) is 2.04. The molecule has 0 fully saturated rings. The van der Waals surface area contributed by atoms with Crippen molar-refractivity contribution >= 4 is 15.1 Å². The molecule has 0 N–H and O–H groups in total. The predicted molar refractivity (Wildman–Crippen MR) is 60.8 cm³/mol. The number of rotatable bonds is 7. The van der Waals surface area contributed by atoms with Gasteiger partial charge < -0.3 is 18.0 Å². The number of hydrogen-bond acceptors (Lipinski definition) is 5. The van der Waals surface area contributed by atoms with E-state index in [1.807, 2.05) is 6.92 Å². The molecule has 16 heavy (non-hydrogen) atoms. The quantitative estimate of drug-likeness (QED) is 0.637. The maximum absolute atomic E-state index is 11.8. The summed E-state index contributed by atoms with van der Waals surface area (Å²) in [4.78, 5) is 11.8. The lowest BCUT2D eigenvalue weighted by Gasteiger charge is -2.33. The van der Waals surface area contributed by atoms with E-state index in [9.17, 15) is 4.79 Å². The zero-order valence-corrected chi connectivity index (χ0v) is 11.6. The van der Waals surface area contributed by atoms with Crippen LogP contribution < -0.4 is 0 Å². The van der Waals surface area contributed by atoms with Gasteiger partial charge in [-0.05, 0) is 13.3 Å². The summed E-state index contributed by atoms with van der Waals surface area (Å²) >= 11 is 0. The lowest BCUT2D eigenvalue weighted by molar-refractivity contribution is 0.0465. The van der Waals surface area contributed by atoms with Crippen molar-refractivity contribution in [2.24, 2.45) is 0 Å². The first-order valence-corrected chi connectivity index (χ1v) is 6.88. The number of carbonyl (C=O) groups is 1. The lowest BCUT2D eigenvalue weighted by Crippen LogP contribution is -2.62. The summed E-state index contributed by atoms with van der Waals surface area (Å²) in [6.07, 6.45) is 0.297. The van der Waals surface area contributed by atoms with E-state index in [1.165, 1.54) is 25.9 Å². The van der Waals surface area contributed by atoms with Crippen LogP contribution in [-0.4, -0.2) is 54.1 Å². The molecule has 0 bridgehead atoms. The molecule has 0 aromatic carbocycles. The highest BCUT2D eigenvalue weighted by atomic mass is 28.4. The molecule has 0 radical (unpaired) electrons. The average molecular weight is 251 g/mol. The SMILES string of the molecule is CCCN(C(=O)OCC)[Si](OC)(OC)OC. The van der Waals surface area contributed by atoms with Crippen molar-refractivity contribution in [3.8, 4) is 0 Å². The minimum absolute atomic E-state index is 0.306. The molecule has 0 atom stereocenters. The number of nitrogens with zero attached hydrogens (tertiary/aromatic N) is 1. The largest absolute Gasteiger partial charge is 0.637 e. The van der Waals surface area contributed by atoms with Gasteiger partial charge in [-0.15, -0.1) is 0 Å². The normalized spacial score (nSPS) is 11.3. The van der Waals surface area contributed by atoms with Crippen LogP contribution in [0.1, 0.15) is 20.3 Å². The van der Waals surface area contributed by atoms with Gasteiger partial charge in [-0.1, -0.05) is 6.92 Å². The summed E-state index contributed by atoms with van der Waals surface area (Å²) in [5.41, 5.74) is 0. The zero-order valence-electron chi connectivity index (χ0n) is 10.6. The Labute approximate surface area is 97.9 Å². The summed E-state index contributed by atoms with van der Waals surface area (Å²) < 4.78 is 22.1. The molecular weight excluding hydrogens is 230 g/mol. The number of hydrogen-bond donors (Lipinski definition) is 0. The second-order valence-corrected chi connectivity index (χ2v) is 5.80. The van der Waals surface area contributed by atoms with Gasteiger partial charge in [-0.2, -0.15) is 0 Å². The smallest absolute Gasteiger partial charge is 0.450 e. The molecule has 0 aliphatic rings. The van der Waals surface area contributed by atoms with Crippen LogP contribution in [0.2, 0.25) is 0 Å². The number of carbonyl (C=O) groups excluding carboxylic acids is 1. The molecule has 96 valence electrons. The summed E-state index contributed by atoms with van der Waals surface area (Å²) in [5.74, 6) is 0. The molecule has 0 unspecified atom stereocenters. The zero-order chi connectivity index (χ0) is 12.6. The van der Waals surface area contributed by atoms with Crippen molar-refractivity contribution in [2.75, 3.05) is 34.5 Å². The Morgan fingerprint density at radius 3 is 1.94 bits per heavy atom. The van der Waals surface area contributed by atoms with Gasteiger partial charge >= 0.3 is 15.1 Å². The minimum atomic E-state index is -3.11. The minimum Gasteiger partial charge on any atom is -0.450 e. The second kappa shape index (κ2) is 7.61. The van der Waals surface area contributed by atoms with E-state index in [0.29, 0.717) is 13.2 Å². The molecule has 1 amide bonds.